The Balaban J connectivity index is 1.40. The van der Waals surface area contributed by atoms with Gasteiger partial charge in [0.2, 0.25) is 15.9 Å². The lowest BCUT2D eigenvalue weighted by atomic mass is 9.98. The molecule has 8 nitrogen and oxygen atoms in total. The van der Waals surface area contributed by atoms with E-state index in [1.54, 1.807) is 31.8 Å². The maximum atomic E-state index is 13.1. The van der Waals surface area contributed by atoms with E-state index in [1.807, 2.05) is 42.5 Å². The Morgan fingerprint density at radius 3 is 2.82 bits per heavy atom. The highest BCUT2D eigenvalue weighted by Crippen LogP contribution is 2.28. The number of aromatic nitrogens is 2. The van der Waals surface area contributed by atoms with E-state index in [2.05, 4.69) is 15.5 Å². The molecule has 1 aliphatic heterocycles. The molecule has 2 aromatic heterocycles. The van der Waals surface area contributed by atoms with Gasteiger partial charge in [-0.1, -0.05) is 23.4 Å². The fourth-order valence-electron chi connectivity index (χ4n) is 3.92. The van der Waals surface area contributed by atoms with E-state index in [9.17, 15) is 13.2 Å². The average molecular weight is 487 g/mol. The van der Waals surface area contributed by atoms with E-state index >= 15 is 0 Å². The van der Waals surface area contributed by atoms with Crippen LogP contribution in [-0.4, -0.2) is 41.9 Å². The van der Waals surface area contributed by atoms with Crippen molar-refractivity contribution in [1.29, 1.82) is 0 Å². The number of pyridine rings is 1. The van der Waals surface area contributed by atoms with Crippen molar-refractivity contribution in [1.82, 2.24) is 14.4 Å². The molecule has 1 amide bonds. The number of amides is 1. The number of hydrogen-bond donors (Lipinski definition) is 1. The summed E-state index contributed by atoms with van der Waals surface area (Å²) >= 11 is 1.62. The zero-order valence-electron chi connectivity index (χ0n) is 18.5. The molecule has 4 rings (SSSR count). The van der Waals surface area contributed by atoms with Crippen molar-refractivity contribution in [2.24, 2.45) is 5.92 Å². The summed E-state index contributed by atoms with van der Waals surface area (Å²) in [6.07, 6.45) is 3.01. The first-order valence-electron chi connectivity index (χ1n) is 10.7. The summed E-state index contributed by atoms with van der Waals surface area (Å²) in [5.74, 6) is 0.386. The van der Waals surface area contributed by atoms with E-state index in [0.717, 1.165) is 16.3 Å². The molecule has 1 aliphatic rings. The van der Waals surface area contributed by atoms with Gasteiger partial charge in [0.15, 0.2) is 5.76 Å². The highest BCUT2D eigenvalue weighted by molar-refractivity contribution is 7.98. The van der Waals surface area contributed by atoms with Gasteiger partial charge in [-0.25, -0.2) is 13.4 Å². The van der Waals surface area contributed by atoms with Crippen LogP contribution in [0.25, 0.3) is 0 Å². The highest BCUT2D eigenvalue weighted by atomic mass is 32.2. The van der Waals surface area contributed by atoms with Crippen molar-refractivity contribution in [2.75, 3.05) is 18.4 Å². The Hall–Kier alpha value is -2.69. The number of anilines is 1. The van der Waals surface area contributed by atoms with Crippen molar-refractivity contribution in [3.8, 4) is 0 Å². The summed E-state index contributed by atoms with van der Waals surface area (Å²) in [4.78, 5) is 17.4. The Kier molecular flexibility index (Phi) is 7.16. The number of nitrogens with zero attached hydrogens (tertiary/aromatic N) is 3. The number of nitrogens with one attached hydrogen (secondary N) is 1. The fraction of sp³-hybridized carbons (Fsp3) is 0.348. The molecule has 3 aromatic rings. The molecule has 10 heteroatoms. The lowest BCUT2D eigenvalue weighted by Crippen LogP contribution is -2.43. The number of piperidine rings is 1. The van der Waals surface area contributed by atoms with Gasteiger partial charge >= 0.3 is 0 Å². The molecule has 0 saturated carbocycles. The predicted octanol–water partition coefficient (Wildman–Crippen LogP) is 4.02. The zero-order valence-corrected chi connectivity index (χ0v) is 20.2. The van der Waals surface area contributed by atoms with E-state index in [-0.39, 0.29) is 23.1 Å². The van der Waals surface area contributed by atoms with Gasteiger partial charge in [-0.15, -0.1) is 11.8 Å². The number of sulfonamides is 1. The molecule has 33 heavy (non-hydrogen) atoms. The van der Waals surface area contributed by atoms with Crippen LogP contribution in [0, 0.1) is 19.8 Å². The molecule has 1 unspecified atom stereocenters. The first kappa shape index (κ1) is 23.5. The van der Waals surface area contributed by atoms with Gasteiger partial charge in [0, 0.05) is 30.7 Å². The van der Waals surface area contributed by atoms with Gasteiger partial charge in [0.25, 0.3) is 0 Å². The molecule has 0 radical (unpaired) electrons. The fourth-order valence-corrected chi connectivity index (χ4v) is 6.54. The molecule has 1 saturated heterocycles. The Morgan fingerprint density at radius 2 is 2.09 bits per heavy atom. The monoisotopic (exact) mass is 486 g/mol. The van der Waals surface area contributed by atoms with Crippen LogP contribution >= 0.6 is 11.8 Å². The van der Waals surface area contributed by atoms with Gasteiger partial charge in [-0.05, 0) is 56.5 Å². The standard InChI is InChI=1S/C23H26N4O4S2/c1-16-22(17(2)31-26-16)33(29,30)27-12-6-8-19(14-27)23(28)25-20-9-5-7-18(13-20)15-32-21-10-3-4-11-24-21/h3-5,7,9-11,13,19H,6,8,12,14-15H2,1-2H3,(H,25,28). The normalized spacial score (nSPS) is 17.1. The summed E-state index contributed by atoms with van der Waals surface area (Å²) < 4.78 is 32.7. The maximum absolute atomic E-state index is 13.1. The lowest BCUT2D eigenvalue weighted by molar-refractivity contribution is -0.120. The van der Waals surface area contributed by atoms with Gasteiger partial charge in [0.1, 0.15) is 10.6 Å². The van der Waals surface area contributed by atoms with Gasteiger partial charge in [-0.3, -0.25) is 4.79 Å². The van der Waals surface area contributed by atoms with Crippen LogP contribution in [0.3, 0.4) is 0 Å². The van der Waals surface area contributed by atoms with Crippen molar-refractivity contribution in [3.05, 3.63) is 65.7 Å². The van der Waals surface area contributed by atoms with Crippen LogP contribution in [0.1, 0.15) is 29.9 Å². The van der Waals surface area contributed by atoms with Gasteiger partial charge < -0.3 is 9.84 Å². The quantitative estimate of drug-likeness (QED) is 0.503. The molecule has 174 valence electrons. The second kappa shape index (κ2) is 10.1. The van der Waals surface area contributed by atoms with Crippen LogP contribution in [0.15, 0.2) is 63.1 Å². The third kappa shape index (κ3) is 5.45. The molecule has 3 heterocycles. The summed E-state index contributed by atoms with van der Waals surface area (Å²) in [5.41, 5.74) is 2.10. The number of aryl methyl sites for hydroxylation is 2. The zero-order chi connectivity index (χ0) is 23.4. The molecule has 1 N–H and O–H groups in total. The first-order valence-corrected chi connectivity index (χ1v) is 13.1. The van der Waals surface area contributed by atoms with E-state index in [1.165, 1.54) is 4.31 Å². The van der Waals surface area contributed by atoms with Crippen LogP contribution in [0.5, 0.6) is 0 Å². The minimum Gasteiger partial charge on any atom is -0.360 e. The topological polar surface area (TPSA) is 105 Å². The van der Waals surface area contributed by atoms with E-state index in [4.69, 9.17) is 4.52 Å². The van der Waals surface area contributed by atoms with Gasteiger partial charge in [0.05, 0.1) is 10.9 Å². The second-order valence-corrected chi connectivity index (χ2v) is 10.9. The molecule has 0 aliphatic carbocycles. The van der Waals surface area contributed by atoms with E-state index < -0.39 is 15.9 Å². The predicted molar refractivity (Wildman–Crippen MR) is 126 cm³/mol. The molecule has 1 fully saturated rings. The van der Waals surface area contributed by atoms with Crippen molar-refractivity contribution in [3.63, 3.8) is 0 Å². The van der Waals surface area contributed by atoms with Crippen LogP contribution in [0.4, 0.5) is 5.69 Å². The summed E-state index contributed by atoms with van der Waals surface area (Å²) in [6.45, 7) is 3.70. The maximum Gasteiger partial charge on any atom is 0.248 e. The third-order valence-electron chi connectivity index (χ3n) is 5.54. The molecular weight excluding hydrogens is 460 g/mol. The number of benzene rings is 1. The van der Waals surface area contributed by atoms with E-state index in [0.29, 0.717) is 30.8 Å². The number of rotatable bonds is 7. The molecule has 1 aromatic carbocycles. The smallest absolute Gasteiger partial charge is 0.248 e. The summed E-state index contributed by atoms with van der Waals surface area (Å²) in [7, 11) is -3.77. The Labute approximate surface area is 197 Å². The SMILES string of the molecule is Cc1noc(C)c1S(=O)(=O)N1CCCC(C(=O)Nc2cccc(CSc3ccccn3)c2)C1. The van der Waals surface area contributed by atoms with Crippen LogP contribution < -0.4 is 5.32 Å². The third-order valence-corrected chi connectivity index (χ3v) is 8.66. The Bertz CT molecular complexity index is 1210. The molecule has 0 bridgehead atoms. The number of hydrogen-bond acceptors (Lipinski definition) is 7. The number of thioether (sulfide) groups is 1. The van der Waals surface area contributed by atoms with Crippen molar-refractivity contribution >= 4 is 33.4 Å². The molecule has 0 spiro atoms. The van der Waals surface area contributed by atoms with Crippen molar-refractivity contribution < 1.29 is 17.7 Å². The van der Waals surface area contributed by atoms with Gasteiger partial charge in [-0.2, -0.15) is 4.31 Å². The van der Waals surface area contributed by atoms with Crippen LogP contribution in [-0.2, 0) is 20.6 Å². The van der Waals surface area contributed by atoms with Crippen molar-refractivity contribution in [2.45, 2.75) is 42.4 Å². The number of carbonyl (C=O) groups is 1. The highest BCUT2D eigenvalue weighted by Gasteiger charge is 2.36. The first-order chi connectivity index (χ1) is 15.8. The summed E-state index contributed by atoms with van der Waals surface area (Å²) in [6, 6.07) is 13.5. The average Bonchev–Trinajstić information content (AvgIpc) is 3.17. The number of carbonyl (C=O) groups excluding carboxylic acids is 1. The second-order valence-electron chi connectivity index (χ2n) is 8.00. The molecular formula is C23H26N4O4S2. The largest absolute Gasteiger partial charge is 0.360 e. The minimum absolute atomic E-state index is 0.0988. The van der Waals surface area contributed by atoms with Crippen LogP contribution in [0.2, 0.25) is 0 Å². The summed E-state index contributed by atoms with van der Waals surface area (Å²) in [5, 5.41) is 7.67. The molecule has 1 atom stereocenters. The lowest BCUT2D eigenvalue weighted by Gasteiger charge is -2.31. The minimum atomic E-state index is -3.77. The Morgan fingerprint density at radius 1 is 1.24 bits per heavy atom.